The standard InChI is InChI=1S/C12H23N3O2S/c1-4-17-9-5-7-15-8-6-13-12(15)14-10-11(2)18(3)16/h6,8,11H,4-5,7,9-10H2,1-3H3,(H,13,14). The van der Waals surface area contributed by atoms with Crippen molar-refractivity contribution in [3.8, 4) is 0 Å². The molecule has 0 aliphatic carbocycles. The van der Waals surface area contributed by atoms with E-state index in [2.05, 4.69) is 14.9 Å². The van der Waals surface area contributed by atoms with Gasteiger partial charge in [0.25, 0.3) is 0 Å². The molecule has 1 rings (SSSR count). The number of rotatable bonds is 9. The molecule has 1 heterocycles. The van der Waals surface area contributed by atoms with E-state index in [9.17, 15) is 4.21 Å². The topological polar surface area (TPSA) is 56.1 Å². The average molecular weight is 273 g/mol. The Balaban J connectivity index is 2.37. The normalized spacial score (nSPS) is 14.4. The van der Waals surface area contributed by atoms with Crippen LogP contribution in [0, 0.1) is 0 Å². The molecule has 0 aliphatic rings. The summed E-state index contributed by atoms with van der Waals surface area (Å²) in [6, 6.07) is 0. The van der Waals surface area contributed by atoms with Crippen molar-refractivity contribution in [2.45, 2.75) is 32.1 Å². The molecule has 0 fully saturated rings. The minimum absolute atomic E-state index is 0.124. The lowest BCUT2D eigenvalue weighted by molar-refractivity contribution is 0.142. The highest BCUT2D eigenvalue weighted by molar-refractivity contribution is 7.84. The molecule has 1 aromatic heterocycles. The molecule has 104 valence electrons. The Hall–Kier alpha value is -0.880. The second-order valence-electron chi connectivity index (χ2n) is 4.18. The van der Waals surface area contributed by atoms with E-state index < -0.39 is 10.8 Å². The van der Waals surface area contributed by atoms with Crippen molar-refractivity contribution >= 4 is 16.7 Å². The number of imidazole rings is 1. The first kappa shape index (κ1) is 15.2. The van der Waals surface area contributed by atoms with Gasteiger partial charge in [-0.05, 0) is 20.3 Å². The molecule has 0 saturated carbocycles. The third kappa shape index (κ3) is 5.18. The maximum absolute atomic E-state index is 11.3. The van der Waals surface area contributed by atoms with Crippen molar-refractivity contribution in [3.63, 3.8) is 0 Å². The van der Waals surface area contributed by atoms with Gasteiger partial charge < -0.3 is 14.6 Å². The van der Waals surface area contributed by atoms with Crippen LogP contribution >= 0.6 is 0 Å². The lowest BCUT2D eigenvalue weighted by Gasteiger charge is -2.12. The molecular formula is C12H23N3O2S. The number of nitrogens with one attached hydrogen (secondary N) is 1. The lowest BCUT2D eigenvalue weighted by Crippen LogP contribution is -2.22. The third-order valence-corrected chi connectivity index (χ3v) is 4.02. The molecule has 0 bridgehead atoms. The van der Waals surface area contributed by atoms with E-state index in [1.165, 1.54) is 0 Å². The Bertz CT molecular complexity index is 368. The third-order valence-electron chi connectivity index (χ3n) is 2.72. The highest BCUT2D eigenvalue weighted by Gasteiger charge is 2.08. The molecule has 2 atom stereocenters. The summed E-state index contributed by atoms with van der Waals surface area (Å²) in [6.07, 6.45) is 6.41. The molecule has 0 aliphatic heterocycles. The molecule has 2 unspecified atom stereocenters. The molecule has 6 heteroatoms. The van der Waals surface area contributed by atoms with Crippen LogP contribution in [0.4, 0.5) is 5.95 Å². The Kier molecular flexibility index (Phi) is 6.97. The predicted molar refractivity (Wildman–Crippen MR) is 75.4 cm³/mol. The van der Waals surface area contributed by atoms with Gasteiger partial charge >= 0.3 is 0 Å². The van der Waals surface area contributed by atoms with Crippen molar-refractivity contribution < 1.29 is 8.95 Å². The van der Waals surface area contributed by atoms with E-state index in [-0.39, 0.29) is 5.25 Å². The van der Waals surface area contributed by atoms with Gasteiger partial charge in [-0.3, -0.25) is 4.21 Å². The van der Waals surface area contributed by atoms with E-state index >= 15 is 0 Å². The van der Waals surface area contributed by atoms with E-state index in [1.807, 2.05) is 20.0 Å². The lowest BCUT2D eigenvalue weighted by atomic mass is 10.4. The number of aryl methyl sites for hydroxylation is 1. The number of nitrogens with zero attached hydrogens (tertiary/aromatic N) is 2. The summed E-state index contributed by atoms with van der Waals surface area (Å²) in [5.74, 6) is 0.837. The molecule has 0 aromatic carbocycles. The van der Waals surface area contributed by atoms with Gasteiger partial charge in [0.15, 0.2) is 0 Å². The van der Waals surface area contributed by atoms with Crippen molar-refractivity contribution in [1.29, 1.82) is 0 Å². The van der Waals surface area contributed by atoms with E-state index in [1.54, 1.807) is 12.5 Å². The van der Waals surface area contributed by atoms with Crippen molar-refractivity contribution in [2.75, 3.05) is 31.3 Å². The number of ether oxygens (including phenoxy) is 1. The van der Waals surface area contributed by atoms with Crippen LogP contribution in [-0.2, 0) is 22.1 Å². The van der Waals surface area contributed by atoms with Crippen molar-refractivity contribution in [1.82, 2.24) is 9.55 Å². The molecule has 18 heavy (non-hydrogen) atoms. The van der Waals surface area contributed by atoms with Crippen LogP contribution in [0.2, 0.25) is 0 Å². The summed E-state index contributed by atoms with van der Waals surface area (Å²) in [7, 11) is -0.806. The molecule has 1 N–H and O–H groups in total. The molecule has 0 spiro atoms. The minimum atomic E-state index is -0.806. The second-order valence-corrected chi connectivity index (χ2v) is 5.99. The first-order valence-electron chi connectivity index (χ1n) is 6.30. The van der Waals surface area contributed by atoms with Gasteiger partial charge in [0.1, 0.15) is 0 Å². The summed E-state index contributed by atoms with van der Waals surface area (Å²) >= 11 is 0. The first-order chi connectivity index (χ1) is 8.65. The largest absolute Gasteiger partial charge is 0.382 e. The predicted octanol–water partition coefficient (Wildman–Crippen LogP) is 1.49. The highest BCUT2D eigenvalue weighted by Crippen LogP contribution is 2.06. The maximum Gasteiger partial charge on any atom is 0.202 e. The van der Waals surface area contributed by atoms with Gasteiger partial charge in [-0.1, -0.05) is 0 Å². The second kappa shape index (κ2) is 8.26. The zero-order chi connectivity index (χ0) is 13.4. The van der Waals surface area contributed by atoms with Gasteiger partial charge in [-0.25, -0.2) is 4.98 Å². The molecule has 1 aromatic rings. The fourth-order valence-corrected chi connectivity index (χ4v) is 1.81. The van der Waals surface area contributed by atoms with Gasteiger partial charge in [0, 0.05) is 61.0 Å². The molecule has 5 nitrogen and oxygen atoms in total. The van der Waals surface area contributed by atoms with Crippen LogP contribution in [-0.4, -0.2) is 45.0 Å². The molecule has 0 saturated heterocycles. The zero-order valence-corrected chi connectivity index (χ0v) is 12.2. The fourth-order valence-electron chi connectivity index (χ4n) is 1.49. The Morgan fingerprint density at radius 1 is 1.61 bits per heavy atom. The first-order valence-corrected chi connectivity index (χ1v) is 7.92. The quantitative estimate of drug-likeness (QED) is 0.693. The molecule has 0 radical (unpaired) electrons. The van der Waals surface area contributed by atoms with E-state index in [0.717, 1.165) is 32.1 Å². The zero-order valence-electron chi connectivity index (χ0n) is 11.4. The van der Waals surface area contributed by atoms with Gasteiger partial charge in [-0.15, -0.1) is 0 Å². The molecule has 0 amide bonds. The fraction of sp³-hybridized carbons (Fsp3) is 0.750. The Morgan fingerprint density at radius 2 is 2.39 bits per heavy atom. The number of hydrogen-bond donors (Lipinski definition) is 1. The highest BCUT2D eigenvalue weighted by atomic mass is 32.2. The van der Waals surface area contributed by atoms with E-state index in [0.29, 0.717) is 6.54 Å². The summed E-state index contributed by atoms with van der Waals surface area (Å²) in [5.41, 5.74) is 0. The van der Waals surface area contributed by atoms with Crippen LogP contribution < -0.4 is 5.32 Å². The van der Waals surface area contributed by atoms with Crippen molar-refractivity contribution in [2.24, 2.45) is 0 Å². The number of anilines is 1. The monoisotopic (exact) mass is 273 g/mol. The summed E-state index contributed by atoms with van der Waals surface area (Å²) in [4.78, 5) is 4.26. The summed E-state index contributed by atoms with van der Waals surface area (Å²) in [5, 5.41) is 3.36. The smallest absolute Gasteiger partial charge is 0.202 e. The molecular weight excluding hydrogens is 250 g/mol. The van der Waals surface area contributed by atoms with Crippen LogP contribution in [0.3, 0.4) is 0 Å². The Labute approximate surface area is 111 Å². The van der Waals surface area contributed by atoms with Gasteiger partial charge in [0.2, 0.25) is 5.95 Å². The number of hydrogen-bond acceptors (Lipinski definition) is 4. The van der Waals surface area contributed by atoms with Gasteiger partial charge in [-0.2, -0.15) is 0 Å². The van der Waals surface area contributed by atoms with E-state index in [4.69, 9.17) is 4.74 Å². The maximum atomic E-state index is 11.3. The number of aromatic nitrogens is 2. The van der Waals surface area contributed by atoms with Crippen LogP contribution in [0.5, 0.6) is 0 Å². The minimum Gasteiger partial charge on any atom is -0.382 e. The Morgan fingerprint density at radius 3 is 3.06 bits per heavy atom. The van der Waals surface area contributed by atoms with Crippen LogP contribution in [0.25, 0.3) is 0 Å². The van der Waals surface area contributed by atoms with Crippen LogP contribution in [0.15, 0.2) is 12.4 Å². The van der Waals surface area contributed by atoms with Crippen LogP contribution in [0.1, 0.15) is 20.3 Å². The van der Waals surface area contributed by atoms with Gasteiger partial charge in [0.05, 0.1) is 0 Å². The summed E-state index contributed by atoms with van der Waals surface area (Å²) in [6.45, 7) is 7.04. The van der Waals surface area contributed by atoms with Crippen molar-refractivity contribution in [3.05, 3.63) is 12.4 Å². The average Bonchev–Trinajstić information content (AvgIpc) is 2.79. The SMILES string of the molecule is CCOCCCn1ccnc1NCC(C)S(C)=O. The summed E-state index contributed by atoms with van der Waals surface area (Å²) < 4.78 is 18.6.